The molecule has 1 aromatic heterocycles. The molecule has 3 heterocycles. The van der Waals surface area contributed by atoms with Crippen LogP contribution in [0.5, 0.6) is 0 Å². The largest absolute Gasteiger partial charge is 0.442 e. The van der Waals surface area contributed by atoms with Crippen molar-refractivity contribution in [3.05, 3.63) is 48.3 Å². The third-order valence-corrected chi connectivity index (χ3v) is 5.87. The van der Waals surface area contributed by atoms with Gasteiger partial charge in [-0.25, -0.2) is 9.18 Å². The molecule has 1 atom stereocenters. The van der Waals surface area contributed by atoms with Crippen LogP contribution >= 0.6 is 0 Å². The van der Waals surface area contributed by atoms with Gasteiger partial charge < -0.3 is 24.3 Å². The normalized spacial score (nSPS) is 18.7. The van der Waals surface area contributed by atoms with E-state index in [9.17, 15) is 9.59 Å². The minimum Gasteiger partial charge on any atom is -0.442 e. The molecular formula is C23H24FN5O4. The third kappa shape index (κ3) is 4.28. The predicted molar refractivity (Wildman–Crippen MR) is 121 cm³/mol. The summed E-state index contributed by atoms with van der Waals surface area (Å²) in [7, 11) is 0. The second-order valence-electron chi connectivity index (χ2n) is 8.13. The Bertz CT molecular complexity index is 1160. The van der Waals surface area contributed by atoms with Gasteiger partial charge in [-0.15, -0.1) is 0 Å². The van der Waals surface area contributed by atoms with Crippen molar-refractivity contribution in [2.24, 2.45) is 0 Å². The van der Waals surface area contributed by atoms with E-state index in [1.54, 1.807) is 12.1 Å². The van der Waals surface area contributed by atoms with Gasteiger partial charge in [0.15, 0.2) is 5.58 Å². The van der Waals surface area contributed by atoms with E-state index in [2.05, 4.69) is 15.2 Å². The summed E-state index contributed by atoms with van der Waals surface area (Å²) in [4.78, 5) is 33.2. The molecule has 5 rings (SSSR count). The summed E-state index contributed by atoms with van der Waals surface area (Å²) in [6, 6.07) is 13.0. The van der Waals surface area contributed by atoms with Crippen molar-refractivity contribution < 1.29 is 23.1 Å². The zero-order valence-corrected chi connectivity index (χ0v) is 18.2. The Kier molecular flexibility index (Phi) is 5.49. The predicted octanol–water partition coefficient (Wildman–Crippen LogP) is 2.75. The van der Waals surface area contributed by atoms with Crippen LogP contribution in [-0.2, 0) is 9.53 Å². The number of carbonyl (C=O) groups is 2. The lowest BCUT2D eigenvalue weighted by molar-refractivity contribution is -0.119. The van der Waals surface area contributed by atoms with Crippen LogP contribution in [0, 0.1) is 5.82 Å². The highest BCUT2D eigenvalue weighted by Crippen LogP contribution is 2.29. The van der Waals surface area contributed by atoms with Crippen molar-refractivity contribution in [2.45, 2.75) is 13.0 Å². The Balaban J connectivity index is 1.23. The van der Waals surface area contributed by atoms with E-state index in [4.69, 9.17) is 9.15 Å². The Morgan fingerprint density at radius 3 is 2.64 bits per heavy atom. The fraction of sp³-hybridized carbons (Fsp3) is 0.348. The molecule has 0 spiro atoms. The molecule has 0 radical (unpaired) electrons. The monoisotopic (exact) mass is 453 g/mol. The third-order valence-electron chi connectivity index (χ3n) is 5.87. The maximum atomic E-state index is 15.0. The first kappa shape index (κ1) is 21.0. The summed E-state index contributed by atoms with van der Waals surface area (Å²) < 4.78 is 26.1. The smallest absolute Gasteiger partial charge is 0.414 e. The molecule has 3 aromatic rings. The van der Waals surface area contributed by atoms with Gasteiger partial charge in [0.2, 0.25) is 5.91 Å². The number of piperazine rings is 1. The van der Waals surface area contributed by atoms with Crippen LogP contribution in [0.15, 0.2) is 46.9 Å². The molecule has 9 nitrogen and oxygen atoms in total. The van der Waals surface area contributed by atoms with E-state index in [0.717, 1.165) is 11.1 Å². The first-order valence-electron chi connectivity index (χ1n) is 10.9. The molecule has 0 aliphatic carbocycles. The highest BCUT2D eigenvalue weighted by atomic mass is 19.1. The van der Waals surface area contributed by atoms with E-state index < -0.39 is 18.0 Å². The quantitative estimate of drug-likeness (QED) is 0.635. The highest BCUT2D eigenvalue weighted by molar-refractivity contribution is 5.90. The maximum absolute atomic E-state index is 15.0. The maximum Gasteiger partial charge on any atom is 0.414 e. The number of halogens is 1. The Hall–Kier alpha value is -3.82. The number of ether oxygens (including phenoxy) is 1. The zero-order valence-electron chi connectivity index (χ0n) is 18.2. The highest BCUT2D eigenvalue weighted by Gasteiger charge is 2.33. The number of hydrogen-bond acceptors (Lipinski definition) is 7. The lowest BCUT2D eigenvalue weighted by Gasteiger charge is -2.35. The van der Waals surface area contributed by atoms with Gasteiger partial charge in [-0.2, -0.15) is 4.98 Å². The Labute approximate surface area is 189 Å². The summed E-state index contributed by atoms with van der Waals surface area (Å²) in [6.07, 6.45) is -1.02. The first-order valence-corrected chi connectivity index (χ1v) is 10.9. The van der Waals surface area contributed by atoms with Gasteiger partial charge in [0, 0.05) is 33.1 Å². The number of benzene rings is 2. The van der Waals surface area contributed by atoms with Crippen molar-refractivity contribution in [1.82, 2.24) is 10.3 Å². The summed E-state index contributed by atoms with van der Waals surface area (Å²) >= 11 is 0. The van der Waals surface area contributed by atoms with E-state index >= 15 is 4.39 Å². The van der Waals surface area contributed by atoms with Gasteiger partial charge in [-0.05, 0) is 30.3 Å². The van der Waals surface area contributed by atoms with E-state index in [0.29, 0.717) is 43.6 Å². The number of amides is 2. The average Bonchev–Trinajstić information content (AvgIpc) is 3.41. The number of nitrogens with one attached hydrogen (secondary N) is 1. The van der Waals surface area contributed by atoms with Crippen LogP contribution in [0.25, 0.3) is 11.1 Å². The molecule has 2 aromatic carbocycles. The van der Waals surface area contributed by atoms with Gasteiger partial charge in [0.05, 0.1) is 24.5 Å². The Morgan fingerprint density at radius 2 is 1.91 bits per heavy atom. The van der Waals surface area contributed by atoms with E-state index in [1.165, 1.54) is 17.9 Å². The topological polar surface area (TPSA) is 91.2 Å². The molecule has 1 unspecified atom stereocenters. The van der Waals surface area contributed by atoms with Gasteiger partial charge in [-0.3, -0.25) is 9.69 Å². The number of fused-ring (bicyclic) bond motifs is 1. The average molecular weight is 453 g/mol. The summed E-state index contributed by atoms with van der Waals surface area (Å²) in [5.41, 5.74) is 2.47. The fourth-order valence-corrected chi connectivity index (χ4v) is 4.15. The van der Waals surface area contributed by atoms with Crippen LogP contribution in [0.2, 0.25) is 0 Å². The molecule has 0 saturated carbocycles. The van der Waals surface area contributed by atoms with Crippen molar-refractivity contribution in [2.75, 3.05) is 54.0 Å². The molecule has 10 heteroatoms. The molecule has 172 valence electrons. The van der Waals surface area contributed by atoms with Crippen LogP contribution < -0.4 is 20.0 Å². The minimum atomic E-state index is -0.551. The van der Waals surface area contributed by atoms with Crippen LogP contribution in [0.1, 0.15) is 6.92 Å². The van der Waals surface area contributed by atoms with Crippen molar-refractivity contribution in [1.29, 1.82) is 0 Å². The van der Waals surface area contributed by atoms with E-state index in [1.807, 2.05) is 29.2 Å². The number of hydrogen-bond donors (Lipinski definition) is 1. The van der Waals surface area contributed by atoms with Crippen molar-refractivity contribution >= 4 is 40.5 Å². The van der Waals surface area contributed by atoms with Crippen LogP contribution in [0.4, 0.5) is 26.6 Å². The number of aromatic nitrogens is 1. The minimum absolute atomic E-state index is 0.198. The van der Waals surface area contributed by atoms with Crippen molar-refractivity contribution in [3.8, 4) is 0 Å². The second-order valence-corrected chi connectivity index (χ2v) is 8.13. The number of para-hydroxylation sites is 2. The molecule has 2 aliphatic rings. The summed E-state index contributed by atoms with van der Waals surface area (Å²) in [5, 5.41) is 2.63. The summed E-state index contributed by atoms with van der Waals surface area (Å²) in [5.74, 6) is -0.600. The molecule has 2 saturated heterocycles. The zero-order chi connectivity index (χ0) is 22.9. The first-order chi connectivity index (χ1) is 16.0. The summed E-state index contributed by atoms with van der Waals surface area (Å²) in [6.45, 7) is 4.40. The second kappa shape index (κ2) is 8.61. The molecule has 0 bridgehead atoms. The number of anilines is 3. The molecule has 1 N–H and O–H groups in total. The molecule has 2 fully saturated rings. The van der Waals surface area contributed by atoms with Gasteiger partial charge in [0.25, 0.3) is 6.01 Å². The molecule has 2 aliphatic heterocycles. The lowest BCUT2D eigenvalue weighted by Crippen LogP contribution is -2.47. The molecule has 33 heavy (non-hydrogen) atoms. The van der Waals surface area contributed by atoms with E-state index in [-0.39, 0.29) is 19.0 Å². The SMILES string of the molecule is CC(=O)NCC1CN(c2ccc(N3CCN(c4nc5ccccc5o4)CC3)c(F)c2)C(=O)O1. The standard InChI is InChI=1S/C23H24FN5O4/c1-15(30)25-13-17-14-29(23(31)32-17)16-6-7-20(18(24)12-16)27-8-10-28(11-9-27)22-26-19-4-2-3-5-21(19)33-22/h2-7,12,17H,8-11,13-14H2,1H3,(H,25,30). The van der Waals surface area contributed by atoms with Gasteiger partial charge >= 0.3 is 6.09 Å². The molecule has 2 amide bonds. The fourth-order valence-electron chi connectivity index (χ4n) is 4.15. The number of nitrogens with zero attached hydrogens (tertiary/aromatic N) is 4. The number of carbonyl (C=O) groups excluding carboxylic acids is 2. The molecular weight excluding hydrogens is 429 g/mol. The lowest BCUT2D eigenvalue weighted by atomic mass is 10.2. The van der Waals surface area contributed by atoms with Gasteiger partial charge in [-0.1, -0.05) is 12.1 Å². The number of oxazole rings is 1. The van der Waals surface area contributed by atoms with Crippen molar-refractivity contribution in [3.63, 3.8) is 0 Å². The van der Waals surface area contributed by atoms with Crippen LogP contribution in [0.3, 0.4) is 0 Å². The Morgan fingerprint density at radius 1 is 1.15 bits per heavy atom. The van der Waals surface area contributed by atoms with Crippen LogP contribution in [-0.4, -0.2) is 62.4 Å². The number of cyclic esters (lactones) is 1. The number of rotatable bonds is 5. The van der Waals surface area contributed by atoms with Gasteiger partial charge in [0.1, 0.15) is 17.4 Å².